The summed E-state index contributed by atoms with van der Waals surface area (Å²) in [5, 5.41) is 0. The van der Waals surface area contributed by atoms with E-state index in [9.17, 15) is 0 Å². The van der Waals surface area contributed by atoms with Gasteiger partial charge in [0.2, 0.25) is 0 Å². The Morgan fingerprint density at radius 2 is 2.19 bits per heavy atom. The zero-order valence-electron chi connectivity index (χ0n) is 10.1. The van der Waals surface area contributed by atoms with Crippen molar-refractivity contribution in [2.24, 2.45) is 10.4 Å². The molecule has 0 saturated heterocycles. The average molecular weight is 218 g/mol. The molecule has 0 spiro atoms. The first-order valence-corrected chi connectivity index (χ1v) is 5.65. The first-order valence-electron chi connectivity index (χ1n) is 5.65. The Morgan fingerprint density at radius 3 is 2.75 bits per heavy atom. The SMILES string of the molecule is CC(C)(C)[C@@H]1COC(Cc2ccccn2)=N1. The summed E-state index contributed by atoms with van der Waals surface area (Å²) in [6, 6.07) is 6.17. The van der Waals surface area contributed by atoms with Gasteiger partial charge in [0, 0.05) is 11.9 Å². The smallest absolute Gasteiger partial charge is 0.189 e. The Morgan fingerprint density at radius 1 is 1.38 bits per heavy atom. The van der Waals surface area contributed by atoms with Crippen molar-refractivity contribution in [2.75, 3.05) is 6.61 Å². The molecule has 3 heteroatoms. The molecule has 0 aromatic carbocycles. The molecular weight excluding hydrogens is 200 g/mol. The molecule has 1 aromatic heterocycles. The minimum Gasteiger partial charge on any atom is -0.478 e. The number of aliphatic imine (C=N–C) groups is 1. The molecule has 0 fully saturated rings. The Labute approximate surface area is 96.6 Å². The van der Waals surface area contributed by atoms with Crippen molar-refractivity contribution in [3.63, 3.8) is 0 Å². The van der Waals surface area contributed by atoms with Crippen LogP contribution in [0, 0.1) is 5.41 Å². The van der Waals surface area contributed by atoms with Gasteiger partial charge in [-0.2, -0.15) is 0 Å². The lowest BCUT2D eigenvalue weighted by Crippen LogP contribution is -2.25. The van der Waals surface area contributed by atoms with E-state index < -0.39 is 0 Å². The molecule has 2 heterocycles. The Kier molecular flexibility index (Phi) is 2.95. The van der Waals surface area contributed by atoms with E-state index in [1.807, 2.05) is 18.2 Å². The minimum atomic E-state index is 0.172. The van der Waals surface area contributed by atoms with Crippen LogP contribution in [-0.4, -0.2) is 23.5 Å². The molecule has 0 N–H and O–H groups in total. The zero-order valence-corrected chi connectivity index (χ0v) is 10.1. The predicted molar refractivity (Wildman–Crippen MR) is 64.6 cm³/mol. The number of pyridine rings is 1. The standard InChI is InChI=1S/C13H18N2O/c1-13(2,3)11-9-16-12(15-11)8-10-6-4-5-7-14-10/h4-7,11H,8-9H2,1-3H3/t11-/m0/s1. The number of rotatable bonds is 2. The lowest BCUT2D eigenvalue weighted by atomic mass is 9.88. The highest BCUT2D eigenvalue weighted by Crippen LogP contribution is 2.26. The van der Waals surface area contributed by atoms with Crippen molar-refractivity contribution >= 4 is 5.90 Å². The molecule has 16 heavy (non-hydrogen) atoms. The minimum absolute atomic E-state index is 0.172. The first-order chi connectivity index (χ1) is 7.55. The van der Waals surface area contributed by atoms with Crippen molar-refractivity contribution in [3.05, 3.63) is 30.1 Å². The van der Waals surface area contributed by atoms with Crippen molar-refractivity contribution in [2.45, 2.75) is 33.2 Å². The van der Waals surface area contributed by atoms with Gasteiger partial charge in [-0.05, 0) is 17.5 Å². The molecule has 0 radical (unpaired) electrons. The molecule has 2 rings (SSSR count). The molecule has 1 aliphatic rings. The fourth-order valence-electron chi connectivity index (χ4n) is 1.62. The van der Waals surface area contributed by atoms with E-state index in [0.717, 1.165) is 11.6 Å². The average Bonchev–Trinajstić information content (AvgIpc) is 2.67. The summed E-state index contributed by atoms with van der Waals surface area (Å²) in [7, 11) is 0. The fourth-order valence-corrected chi connectivity index (χ4v) is 1.62. The van der Waals surface area contributed by atoms with Gasteiger partial charge >= 0.3 is 0 Å². The lowest BCUT2D eigenvalue weighted by Gasteiger charge is -2.21. The molecule has 1 aliphatic heterocycles. The lowest BCUT2D eigenvalue weighted by molar-refractivity contribution is 0.233. The van der Waals surface area contributed by atoms with Gasteiger partial charge in [0.15, 0.2) is 5.90 Å². The largest absolute Gasteiger partial charge is 0.478 e. The maximum Gasteiger partial charge on any atom is 0.189 e. The first kappa shape index (κ1) is 11.1. The number of hydrogen-bond acceptors (Lipinski definition) is 3. The summed E-state index contributed by atoms with van der Waals surface area (Å²) in [5.74, 6) is 0.818. The van der Waals surface area contributed by atoms with Crippen LogP contribution in [0.15, 0.2) is 29.4 Å². The van der Waals surface area contributed by atoms with E-state index in [0.29, 0.717) is 13.0 Å². The summed E-state index contributed by atoms with van der Waals surface area (Å²) in [5.41, 5.74) is 1.18. The van der Waals surface area contributed by atoms with Crippen molar-refractivity contribution < 1.29 is 4.74 Å². The van der Waals surface area contributed by atoms with Gasteiger partial charge in [-0.1, -0.05) is 26.8 Å². The highest BCUT2D eigenvalue weighted by Gasteiger charge is 2.30. The monoisotopic (exact) mass is 218 g/mol. The maximum atomic E-state index is 5.61. The van der Waals surface area contributed by atoms with Crippen LogP contribution in [0.5, 0.6) is 0 Å². The molecule has 0 saturated carbocycles. The molecule has 0 aliphatic carbocycles. The van der Waals surface area contributed by atoms with Crippen LogP contribution in [0.4, 0.5) is 0 Å². The number of nitrogens with zero attached hydrogens (tertiary/aromatic N) is 2. The molecule has 86 valence electrons. The van der Waals surface area contributed by atoms with E-state index in [4.69, 9.17) is 4.74 Å². The van der Waals surface area contributed by atoms with Gasteiger partial charge < -0.3 is 4.74 Å². The van der Waals surface area contributed by atoms with Crippen molar-refractivity contribution in [1.82, 2.24) is 4.98 Å². The molecule has 3 nitrogen and oxygen atoms in total. The fraction of sp³-hybridized carbons (Fsp3) is 0.538. The molecule has 1 atom stereocenters. The van der Waals surface area contributed by atoms with E-state index in [2.05, 4.69) is 30.7 Å². The molecule has 0 bridgehead atoms. The van der Waals surface area contributed by atoms with Crippen LogP contribution in [0.3, 0.4) is 0 Å². The van der Waals surface area contributed by atoms with Crippen molar-refractivity contribution in [1.29, 1.82) is 0 Å². The molecule has 0 amide bonds. The normalized spacial score (nSPS) is 20.4. The van der Waals surface area contributed by atoms with Gasteiger partial charge in [0.25, 0.3) is 0 Å². The highest BCUT2D eigenvalue weighted by molar-refractivity contribution is 5.79. The number of aromatic nitrogens is 1. The summed E-state index contributed by atoms with van der Waals surface area (Å²) >= 11 is 0. The third kappa shape index (κ3) is 2.60. The van der Waals surface area contributed by atoms with Crippen LogP contribution in [0.2, 0.25) is 0 Å². The third-order valence-electron chi connectivity index (χ3n) is 2.77. The Bertz CT molecular complexity index is 379. The maximum absolute atomic E-state index is 5.61. The van der Waals surface area contributed by atoms with Gasteiger partial charge in [0.05, 0.1) is 12.5 Å². The summed E-state index contributed by atoms with van der Waals surface area (Å²) in [4.78, 5) is 8.88. The van der Waals surface area contributed by atoms with Gasteiger partial charge in [-0.15, -0.1) is 0 Å². The van der Waals surface area contributed by atoms with E-state index in [-0.39, 0.29) is 11.5 Å². The molecular formula is C13H18N2O. The zero-order chi connectivity index (χ0) is 11.6. The second kappa shape index (κ2) is 4.24. The highest BCUT2D eigenvalue weighted by atomic mass is 16.5. The van der Waals surface area contributed by atoms with Crippen LogP contribution >= 0.6 is 0 Å². The van der Waals surface area contributed by atoms with Gasteiger partial charge in [0.1, 0.15) is 6.61 Å². The van der Waals surface area contributed by atoms with E-state index in [1.165, 1.54) is 0 Å². The number of hydrogen-bond donors (Lipinski definition) is 0. The Hall–Kier alpha value is -1.38. The summed E-state index contributed by atoms with van der Waals surface area (Å²) < 4.78 is 5.61. The third-order valence-corrected chi connectivity index (χ3v) is 2.77. The molecule has 0 unspecified atom stereocenters. The van der Waals surface area contributed by atoms with Gasteiger partial charge in [-0.25, -0.2) is 4.99 Å². The van der Waals surface area contributed by atoms with Gasteiger partial charge in [-0.3, -0.25) is 4.98 Å². The van der Waals surface area contributed by atoms with Crippen LogP contribution in [0.25, 0.3) is 0 Å². The summed E-state index contributed by atoms with van der Waals surface area (Å²) in [6.45, 7) is 7.27. The van der Waals surface area contributed by atoms with Crippen LogP contribution in [-0.2, 0) is 11.2 Å². The topological polar surface area (TPSA) is 34.5 Å². The Balaban J connectivity index is 2.03. The second-order valence-electron chi connectivity index (χ2n) is 5.21. The summed E-state index contributed by atoms with van der Waals surface area (Å²) in [6.07, 6.45) is 2.50. The van der Waals surface area contributed by atoms with Crippen LogP contribution in [0.1, 0.15) is 26.5 Å². The van der Waals surface area contributed by atoms with Crippen molar-refractivity contribution in [3.8, 4) is 0 Å². The predicted octanol–water partition coefficient (Wildman–Crippen LogP) is 2.47. The van der Waals surface area contributed by atoms with E-state index >= 15 is 0 Å². The molecule has 1 aromatic rings. The van der Waals surface area contributed by atoms with Crippen LogP contribution < -0.4 is 0 Å². The quantitative estimate of drug-likeness (QED) is 0.764. The second-order valence-corrected chi connectivity index (χ2v) is 5.21. The number of ether oxygens (including phenoxy) is 1. The van der Waals surface area contributed by atoms with E-state index in [1.54, 1.807) is 6.20 Å².